The summed E-state index contributed by atoms with van der Waals surface area (Å²) in [6, 6.07) is 18.7. The van der Waals surface area contributed by atoms with Gasteiger partial charge in [0, 0.05) is 24.6 Å². The van der Waals surface area contributed by atoms with E-state index in [1.807, 2.05) is 42.5 Å². The fraction of sp³-hybridized carbons (Fsp3) is 0.0417. The number of carbonyl (C=O) groups excluding carboxylic acids is 1. The van der Waals surface area contributed by atoms with Crippen LogP contribution in [-0.2, 0) is 6.61 Å². The van der Waals surface area contributed by atoms with Crippen molar-refractivity contribution in [2.75, 3.05) is 0 Å². The number of nitrogens with zero attached hydrogens (tertiary/aromatic N) is 2. The SMILES string of the molecule is N#Cc1ccccc1COc1c(I)cc(I)cc1/C=N\NC(=O)c1cc2cc(Br)cc(Br)c2o1. The molecule has 4 rings (SSSR count). The number of ether oxygens (including phenoxy) is 1. The fourth-order valence-electron chi connectivity index (χ4n) is 3.14. The summed E-state index contributed by atoms with van der Waals surface area (Å²) >= 11 is 11.3. The molecular formula is C24H13Br2I2N3O3. The number of fused-ring (bicyclic) bond motifs is 1. The highest BCUT2D eigenvalue weighted by Crippen LogP contribution is 2.31. The molecule has 0 aliphatic carbocycles. The molecule has 0 saturated carbocycles. The Morgan fingerprint density at radius 2 is 1.97 bits per heavy atom. The minimum absolute atomic E-state index is 0.146. The number of carbonyl (C=O) groups is 1. The first-order chi connectivity index (χ1) is 16.4. The first-order valence-corrected chi connectivity index (χ1v) is 13.4. The van der Waals surface area contributed by atoms with Gasteiger partial charge in [0.25, 0.3) is 0 Å². The van der Waals surface area contributed by atoms with Crippen LogP contribution in [0.5, 0.6) is 5.75 Å². The van der Waals surface area contributed by atoms with E-state index >= 15 is 0 Å². The van der Waals surface area contributed by atoms with Crippen molar-refractivity contribution in [3.63, 3.8) is 0 Å². The lowest BCUT2D eigenvalue weighted by Crippen LogP contribution is -2.17. The zero-order valence-corrected chi connectivity index (χ0v) is 24.6. The number of amides is 1. The van der Waals surface area contributed by atoms with E-state index in [4.69, 9.17) is 9.15 Å². The molecule has 0 aliphatic heterocycles. The van der Waals surface area contributed by atoms with Crippen LogP contribution in [0, 0.1) is 18.5 Å². The zero-order chi connectivity index (χ0) is 24.2. The molecule has 10 heteroatoms. The van der Waals surface area contributed by atoms with Crippen molar-refractivity contribution in [2.45, 2.75) is 6.61 Å². The van der Waals surface area contributed by atoms with Gasteiger partial charge in [0.2, 0.25) is 0 Å². The number of hydrazone groups is 1. The van der Waals surface area contributed by atoms with Gasteiger partial charge in [-0.2, -0.15) is 10.4 Å². The highest BCUT2D eigenvalue weighted by atomic mass is 127. The molecule has 170 valence electrons. The monoisotopic (exact) mass is 803 g/mol. The Labute approximate surface area is 239 Å². The van der Waals surface area contributed by atoms with Crippen molar-refractivity contribution in [1.82, 2.24) is 5.43 Å². The van der Waals surface area contributed by atoms with Crippen LogP contribution in [0.2, 0.25) is 0 Å². The molecule has 1 amide bonds. The van der Waals surface area contributed by atoms with Crippen molar-refractivity contribution in [3.8, 4) is 11.8 Å². The van der Waals surface area contributed by atoms with E-state index in [2.05, 4.69) is 93.6 Å². The van der Waals surface area contributed by atoms with Crippen LogP contribution in [0.25, 0.3) is 11.0 Å². The second-order valence-corrected chi connectivity index (χ2v) is 11.2. The zero-order valence-electron chi connectivity index (χ0n) is 17.1. The standard InChI is InChI=1S/C24H13Br2I2N3O3/c25-17-5-15-7-21(34-22(15)19(26)8-17)24(32)31-30-11-16-6-18(27)9-20(28)23(16)33-12-14-4-2-1-3-13(14)10-29/h1-9,11H,12H2,(H,31,32)/b30-11-. The van der Waals surface area contributed by atoms with Gasteiger partial charge < -0.3 is 9.15 Å². The summed E-state index contributed by atoms with van der Waals surface area (Å²) in [4.78, 5) is 12.6. The predicted molar refractivity (Wildman–Crippen MR) is 154 cm³/mol. The van der Waals surface area contributed by atoms with Crippen LogP contribution < -0.4 is 10.2 Å². The van der Waals surface area contributed by atoms with Crippen molar-refractivity contribution in [1.29, 1.82) is 5.26 Å². The lowest BCUT2D eigenvalue weighted by molar-refractivity contribution is 0.0929. The molecule has 0 saturated heterocycles. The molecule has 0 unspecified atom stereocenters. The molecule has 3 aromatic carbocycles. The topological polar surface area (TPSA) is 87.6 Å². The summed E-state index contributed by atoms with van der Waals surface area (Å²) in [7, 11) is 0. The summed E-state index contributed by atoms with van der Waals surface area (Å²) in [6.07, 6.45) is 1.53. The Morgan fingerprint density at radius 1 is 1.18 bits per heavy atom. The second kappa shape index (κ2) is 11.2. The number of furan rings is 1. The number of hydrogen-bond donors (Lipinski definition) is 1. The first kappa shape index (κ1) is 25.2. The minimum Gasteiger partial charge on any atom is -0.487 e. The van der Waals surface area contributed by atoms with E-state index in [9.17, 15) is 10.1 Å². The van der Waals surface area contributed by atoms with Crippen molar-refractivity contribution < 1.29 is 13.9 Å². The Balaban J connectivity index is 1.53. The smallest absolute Gasteiger partial charge is 0.307 e. The van der Waals surface area contributed by atoms with Gasteiger partial charge in [-0.25, -0.2) is 5.43 Å². The summed E-state index contributed by atoms with van der Waals surface area (Å²) in [6.45, 7) is 0.233. The van der Waals surface area contributed by atoms with Gasteiger partial charge in [-0.3, -0.25) is 4.79 Å². The maximum Gasteiger partial charge on any atom is 0.307 e. The molecule has 6 nitrogen and oxygen atoms in total. The average Bonchev–Trinajstić information content (AvgIpc) is 3.23. The highest BCUT2D eigenvalue weighted by molar-refractivity contribution is 14.1. The molecule has 1 N–H and O–H groups in total. The molecule has 0 aliphatic rings. The van der Waals surface area contributed by atoms with E-state index in [1.165, 1.54) is 6.21 Å². The van der Waals surface area contributed by atoms with Crippen LogP contribution in [0.3, 0.4) is 0 Å². The Hall–Kier alpha value is -1.95. The Bertz CT molecular complexity index is 1480. The predicted octanol–water partition coefficient (Wildman–Crippen LogP) is 7.38. The van der Waals surface area contributed by atoms with Gasteiger partial charge in [0.15, 0.2) is 5.76 Å². The summed E-state index contributed by atoms with van der Waals surface area (Å²) < 4.78 is 15.2. The van der Waals surface area contributed by atoms with Crippen LogP contribution >= 0.6 is 77.0 Å². The number of benzene rings is 3. The number of hydrogen-bond acceptors (Lipinski definition) is 5. The molecule has 0 bridgehead atoms. The van der Waals surface area contributed by atoms with Crippen molar-refractivity contribution in [3.05, 3.63) is 93.1 Å². The van der Waals surface area contributed by atoms with Gasteiger partial charge in [-0.05, 0) is 97.5 Å². The van der Waals surface area contributed by atoms with Gasteiger partial charge in [-0.15, -0.1) is 0 Å². The third-order valence-corrected chi connectivity index (χ3v) is 7.15. The van der Waals surface area contributed by atoms with Gasteiger partial charge in [0.05, 0.1) is 25.9 Å². The van der Waals surface area contributed by atoms with Gasteiger partial charge >= 0.3 is 5.91 Å². The molecule has 0 fully saturated rings. The third-order valence-electron chi connectivity index (χ3n) is 4.68. The van der Waals surface area contributed by atoms with Crippen molar-refractivity contribution in [2.24, 2.45) is 5.10 Å². The van der Waals surface area contributed by atoms with Crippen LogP contribution in [0.4, 0.5) is 0 Å². The van der Waals surface area contributed by atoms with Crippen molar-refractivity contribution >= 4 is 100 Å². The minimum atomic E-state index is -0.471. The first-order valence-electron chi connectivity index (χ1n) is 9.67. The van der Waals surface area contributed by atoms with E-state index < -0.39 is 5.91 Å². The molecular weight excluding hydrogens is 792 g/mol. The molecule has 0 atom stereocenters. The summed E-state index contributed by atoms with van der Waals surface area (Å²) in [5, 5.41) is 14.2. The van der Waals surface area contributed by atoms with Gasteiger partial charge in [0.1, 0.15) is 17.9 Å². The number of nitrogens with one attached hydrogen (secondary N) is 1. The van der Waals surface area contributed by atoms with E-state index in [-0.39, 0.29) is 12.4 Å². The highest BCUT2D eigenvalue weighted by Gasteiger charge is 2.15. The summed E-state index contributed by atoms with van der Waals surface area (Å²) in [5.74, 6) is 0.290. The second-order valence-electron chi connectivity index (χ2n) is 6.98. The lowest BCUT2D eigenvalue weighted by Gasteiger charge is -2.13. The number of halogens is 4. The average molecular weight is 805 g/mol. The van der Waals surface area contributed by atoms with E-state index in [0.29, 0.717) is 22.5 Å². The number of rotatable bonds is 6. The third kappa shape index (κ3) is 5.81. The fourth-order valence-corrected chi connectivity index (χ4v) is 6.52. The maximum atomic E-state index is 12.6. The van der Waals surface area contributed by atoms with E-state index in [1.54, 1.807) is 12.1 Å². The molecule has 4 aromatic rings. The Kier molecular flexibility index (Phi) is 8.28. The normalized spacial score (nSPS) is 11.0. The quantitative estimate of drug-likeness (QED) is 0.125. The maximum absolute atomic E-state index is 12.6. The molecule has 0 radical (unpaired) electrons. The molecule has 1 heterocycles. The molecule has 34 heavy (non-hydrogen) atoms. The summed E-state index contributed by atoms with van der Waals surface area (Å²) in [5.41, 5.74) is 5.14. The molecule has 0 spiro atoms. The molecule has 1 aromatic heterocycles. The van der Waals surface area contributed by atoms with Gasteiger partial charge in [-0.1, -0.05) is 34.1 Å². The largest absolute Gasteiger partial charge is 0.487 e. The lowest BCUT2D eigenvalue weighted by atomic mass is 10.1. The van der Waals surface area contributed by atoms with Crippen LogP contribution in [-0.4, -0.2) is 12.1 Å². The van der Waals surface area contributed by atoms with Crippen LogP contribution in [0.15, 0.2) is 73.1 Å². The van der Waals surface area contributed by atoms with E-state index in [0.717, 1.165) is 27.0 Å². The Morgan fingerprint density at radius 3 is 2.76 bits per heavy atom. The van der Waals surface area contributed by atoms with Crippen LogP contribution in [0.1, 0.15) is 27.2 Å². The number of nitriles is 1.